The van der Waals surface area contributed by atoms with Crippen LogP contribution in [0.15, 0.2) is 47.5 Å². The molecule has 39 heavy (non-hydrogen) atoms. The molecular formula is C31H33FN4O3. The molecule has 5 aliphatic rings. The number of likely N-dealkylation sites (tertiary alicyclic amines) is 1. The summed E-state index contributed by atoms with van der Waals surface area (Å²) in [5, 5.41) is 0. The van der Waals surface area contributed by atoms with Crippen LogP contribution in [-0.4, -0.2) is 65.6 Å². The highest BCUT2D eigenvalue weighted by Crippen LogP contribution is 2.46. The number of hydrogen-bond acceptors (Lipinski definition) is 4. The Morgan fingerprint density at radius 2 is 1.77 bits per heavy atom. The number of rotatable bonds is 7. The average Bonchev–Trinajstić information content (AvgIpc) is 3.83. The van der Waals surface area contributed by atoms with E-state index in [1.807, 2.05) is 35.2 Å². The third kappa shape index (κ3) is 4.43. The van der Waals surface area contributed by atoms with Gasteiger partial charge in [0.05, 0.1) is 5.56 Å². The third-order valence-electron chi connectivity index (χ3n) is 8.94. The molecular weight excluding hydrogens is 495 g/mol. The third-order valence-corrected chi connectivity index (χ3v) is 8.94. The first-order chi connectivity index (χ1) is 18.8. The Balaban J connectivity index is 1.12. The summed E-state index contributed by atoms with van der Waals surface area (Å²) >= 11 is 0. The van der Waals surface area contributed by atoms with E-state index in [-0.39, 0.29) is 35.5 Å². The number of carbonyl (C=O) groups excluding carboxylic acids is 3. The van der Waals surface area contributed by atoms with Crippen LogP contribution in [0.25, 0.3) is 11.1 Å². The van der Waals surface area contributed by atoms with E-state index in [9.17, 15) is 14.4 Å². The molecule has 2 heterocycles. The van der Waals surface area contributed by atoms with Gasteiger partial charge in [-0.1, -0.05) is 18.2 Å². The lowest BCUT2D eigenvalue weighted by molar-refractivity contribution is -0.131. The summed E-state index contributed by atoms with van der Waals surface area (Å²) in [6, 6.07) is 12.7. The van der Waals surface area contributed by atoms with Gasteiger partial charge in [0.1, 0.15) is 17.2 Å². The zero-order chi connectivity index (χ0) is 26.9. The largest absolute Gasteiger partial charge is 0.342 e. The number of amidine groups is 1. The highest BCUT2D eigenvalue weighted by atomic mass is 19.1. The first-order valence-corrected chi connectivity index (χ1v) is 14.2. The molecule has 3 amide bonds. The van der Waals surface area contributed by atoms with Crippen molar-refractivity contribution in [3.05, 3.63) is 53.8 Å². The Morgan fingerprint density at radius 1 is 1.03 bits per heavy atom. The van der Waals surface area contributed by atoms with E-state index in [2.05, 4.69) is 0 Å². The monoisotopic (exact) mass is 528 g/mol. The van der Waals surface area contributed by atoms with Gasteiger partial charge < -0.3 is 9.80 Å². The van der Waals surface area contributed by atoms with E-state index in [4.69, 9.17) is 4.99 Å². The SMILES string of the molecule is CN(C(=O)C1CC1)c1cccc(-c2ccc(C3=NC4(CC4)C(=O)N3CC3CCN(C(=O)C4CC4)C3)c(F)c2)c1. The standard InChI is InChI=1S/C31H33FN4O3/c1-34(28(37)20-5-6-20)24-4-2-3-22(15-24)23-9-10-25(26(32)16-23)27-33-31(12-13-31)30(39)36(27)18-19-11-14-35(17-19)29(38)21-7-8-21/h2-4,9-10,15-16,19-21H,5-8,11-14,17-18H2,1H3. The summed E-state index contributed by atoms with van der Waals surface area (Å²) in [4.78, 5) is 48.5. The molecule has 0 N–H and O–H groups in total. The van der Waals surface area contributed by atoms with Crippen LogP contribution in [0.2, 0.25) is 0 Å². The van der Waals surface area contributed by atoms with E-state index in [1.165, 1.54) is 6.07 Å². The van der Waals surface area contributed by atoms with Gasteiger partial charge in [-0.25, -0.2) is 4.39 Å². The fourth-order valence-corrected chi connectivity index (χ4v) is 6.01. The maximum Gasteiger partial charge on any atom is 0.256 e. The van der Waals surface area contributed by atoms with Gasteiger partial charge in [0.15, 0.2) is 0 Å². The number of anilines is 1. The number of amides is 3. The molecule has 8 heteroatoms. The molecule has 1 spiro atoms. The van der Waals surface area contributed by atoms with Crippen molar-refractivity contribution in [3.8, 4) is 11.1 Å². The van der Waals surface area contributed by atoms with Crippen LogP contribution < -0.4 is 4.90 Å². The summed E-state index contributed by atoms with van der Waals surface area (Å²) in [7, 11) is 1.78. The van der Waals surface area contributed by atoms with E-state index >= 15 is 4.39 Å². The maximum absolute atomic E-state index is 15.7. The Morgan fingerprint density at radius 3 is 2.46 bits per heavy atom. The maximum atomic E-state index is 15.7. The van der Waals surface area contributed by atoms with Crippen molar-refractivity contribution in [2.24, 2.45) is 22.7 Å². The number of benzene rings is 2. The van der Waals surface area contributed by atoms with Crippen LogP contribution in [0.5, 0.6) is 0 Å². The summed E-state index contributed by atoms with van der Waals surface area (Å²) < 4.78 is 15.7. The molecule has 2 aliphatic heterocycles. The van der Waals surface area contributed by atoms with Crippen molar-refractivity contribution >= 4 is 29.2 Å². The lowest BCUT2D eigenvalue weighted by atomic mass is 10.0. The summed E-state index contributed by atoms with van der Waals surface area (Å²) in [5.41, 5.74) is 1.91. The highest BCUT2D eigenvalue weighted by Gasteiger charge is 2.58. The molecule has 202 valence electrons. The molecule has 0 radical (unpaired) electrons. The average molecular weight is 529 g/mol. The number of hydrogen-bond donors (Lipinski definition) is 0. The molecule has 4 fully saturated rings. The first kappa shape index (κ1) is 24.5. The van der Waals surface area contributed by atoms with Crippen molar-refractivity contribution in [2.45, 2.75) is 50.5 Å². The first-order valence-electron chi connectivity index (χ1n) is 14.2. The van der Waals surface area contributed by atoms with Crippen molar-refractivity contribution in [2.75, 3.05) is 31.6 Å². The lowest BCUT2D eigenvalue weighted by Crippen LogP contribution is -2.41. The van der Waals surface area contributed by atoms with Crippen LogP contribution in [0.4, 0.5) is 10.1 Å². The minimum Gasteiger partial charge on any atom is -0.342 e. The zero-order valence-corrected chi connectivity index (χ0v) is 22.2. The normalized spacial score (nSPS) is 23.4. The minimum atomic E-state index is -0.727. The van der Waals surface area contributed by atoms with Crippen LogP contribution >= 0.6 is 0 Å². The molecule has 7 nitrogen and oxygen atoms in total. The fraction of sp³-hybridized carbons (Fsp3) is 0.484. The molecule has 1 unspecified atom stereocenters. The fourth-order valence-electron chi connectivity index (χ4n) is 6.01. The second kappa shape index (κ2) is 9.00. The zero-order valence-electron chi connectivity index (χ0n) is 22.2. The van der Waals surface area contributed by atoms with Crippen LogP contribution in [0, 0.1) is 23.6 Å². The molecule has 3 saturated carbocycles. The van der Waals surface area contributed by atoms with Crippen molar-refractivity contribution in [1.82, 2.24) is 9.80 Å². The van der Waals surface area contributed by atoms with E-state index in [0.29, 0.717) is 42.9 Å². The molecule has 0 aromatic heterocycles. The second-order valence-electron chi connectivity index (χ2n) is 12.0. The predicted molar refractivity (Wildman–Crippen MR) is 146 cm³/mol. The summed E-state index contributed by atoms with van der Waals surface area (Å²) in [5.74, 6) is 0.787. The van der Waals surface area contributed by atoms with Crippen molar-refractivity contribution < 1.29 is 18.8 Å². The Kier molecular flexibility index (Phi) is 5.65. The van der Waals surface area contributed by atoms with Gasteiger partial charge >= 0.3 is 0 Å². The molecule has 0 bridgehead atoms. The summed E-state index contributed by atoms with van der Waals surface area (Å²) in [6.45, 7) is 1.83. The molecule has 3 aliphatic carbocycles. The Labute approximate surface area is 227 Å². The quantitative estimate of drug-likeness (QED) is 0.540. The molecule has 1 atom stereocenters. The van der Waals surface area contributed by atoms with Crippen molar-refractivity contribution in [1.29, 1.82) is 0 Å². The van der Waals surface area contributed by atoms with Crippen LogP contribution in [0.3, 0.4) is 0 Å². The van der Waals surface area contributed by atoms with Gasteiger partial charge in [-0.15, -0.1) is 0 Å². The predicted octanol–water partition coefficient (Wildman–Crippen LogP) is 4.25. The molecule has 1 saturated heterocycles. The Bertz CT molecular complexity index is 1410. The van der Waals surface area contributed by atoms with Gasteiger partial charge in [-0.2, -0.15) is 0 Å². The Hall–Kier alpha value is -3.55. The number of aliphatic imine (C=N–C) groups is 1. The van der Waals surface area contributed by atoms with Gasteiger partial charge in [-0.3, -0.25) is 24.3 Å². The van der Waals surface area contributed by atoms with Crippen LogP contribution in [0.1, 0.15) is 50.5 Å². The topological polar surface area (TPSA) is 73.3 Å². The smallest absolute Gasteiger partial charge is 0.256 e. The molecule has 2 aromatic carbocycles. The number of halogens is 1. The lowest BCUT2D eigenvalue weighted by Gasteiger charge is -2.24. The van der Waals surface area contributed by atoms with Gasteiger partial charge in [0.2, 0.25) is 11.8 Å². The highest BCUT2D eigenvalue weighted by molar-refractivity contribution is 6.16. The van der Waals surface area contributed by atoms with Crippen molar-refractivity contribution in [3.63, 3.8) is 0 Å². The van der Waals surface area contributed by atoms with Gasteiger partial charge in [0, 0.05) is 44.2 Å². The summed E-state index contributed by atoms with van der Waals surface area (Å²) in [6.07, 6.45) is 6.09. The minimum absolute atomic E-state index is 0.0379. The van der Waals surface area contributed by atoms with Crippen LogP contribution in [-0.2, 0) is 14.4 Å². The van der Waals surface area contributed by atoms with E-state index < -0.39 is 11.4 Å². The van der Waals surface area contributed by atoms with Gasteiger partial charge in [-0.05, 0) is 86.3 Å². The molecule has 7 rings (SSSR count). The van der Waals surface area contributed by atoms with E-state index in [0.717, 1.165) is 49.9 Å². The number of nitrogens with zero attached hydrogens (tertiary/aromatic N) is 4. The van der Waals surface area contributed by atoms with E-state index in [1.54, 1.807) is 22.9 Å². The molecule has 2 aromatic rings. The van der Waals surface area contributed by atoms with Gasteiger partial charge in [0.25, 0.3) is 5.91 Å². The number of carbonyl (C=O) groups is 3. The second-order valence-corrected chi connectivity index (χ2v) is 12.0.